The number of hydrogen-bond donors (Lipinski definition) is 2. The first-order valence-electron chi connectivity index (χ1n) is 8.57. The van der Waals surface area contributed by atoms with Crippen molar-refractivity contribution < 1.29 is 14.2 Å². The van der Waals surface area contributed by atoms with Crippen molar-refractivity contribution in [3.63, 3.8) is 0 Å². The van der Waals surface area contributed by atoms with Crippen LogP contribution in [0.2, 0.25) is 0 Å². The SMILES string of the molecule is COc1ccc(C(CN=C(N)Nc2ccc(OC)c(OC)c2)N(C)C)cc1.I. The lowest BCUT2D eigenvalue weighted by Gasteiger charge is -2.23. The number of nitrogens with zero attached hydrogens (tertiary/aromatic N) is 2. The number of ether oxygens (including phenoxy) is 3. The first kappa shape index (κ1) is 23.8. The van der Waals surface area contributed by atoms with E-state index >= 15 is 0 Å². The minimum atomic E-state index is 0. The Morgan fingerprint density at radius 1 is 1.00 bits per heavy atom. The minimum absolute atomic E-state index is 0. The number of anilines is 1. The molecule has 0 heterocycles. The van der Waals surface area contributed by atoms with Gasteiger partial charge in [-0.05, 0) is 43.9 Å². The third kappa shape index (κ3) is 6.45. The van der Waals surface area contributed by atoms with Crippen molar-refractivity contribution >= 4 is 35.6 Å². The van der Waals surface area contributed by atoms with Crippen molar-refractivity contribution in [1.29, 1.82) is 0 Å². The van der Waals surface area contributed by atoms with Gasteiger partial charge in [-0.2, -0.15) is 0 Å². The van der Waals surface area contributed by atoms with Gasteiger partial charge in [-0.15, -0.1) is 24.0 Å². The molecule has 7 nitrogen and oxygen atoms in total. The maximum absolute atomic E-state index is 6.07. The van der Waals surface area contributed by atoms with Crippen LogP contribution in [0, 0.1) is 0 Å². The van der Waals surface area contributed by atoms with Gasteiger partial charge in [0.1, 0.15) is 5.75 Å². The topological polar surface area (TPSA) is 81.3 Å². The third-order valence-corrected chi connectivity index (χ3v) is 4.21. The molecule has 2 aromatic rings. The summed E-state index contributed by atoms with van der Waals surface area (Å²) in [5, 5.41) is 3.09. The summed E-state index contributed by atoms with van der Waals surface area (Å²) in [6.07, 6.45) is 0. The van der Waals surface area contributed by atoms with Gasteiger partial charge >= 0.3 is 0 Å². The highest BCUT2D eigenvalue weighted by molar-refractivity contribution is 14.0. The molecule has 154 valence electrons. The second-order valence-corrected chi connectivity index (χ2v) is 6.17. The fraction of sp³-hybridized carbons (Fsp3) is 0.350. The van der Waals surface area contributed by atoms with E-state index in [0.717, 1.165) is 17.0 Å². The Labute approximate surface area is 183 Å². The van der Waals surface area contributed by atoms with E-state index in [0.29, 0.717) is 24.0 Å². The van der Waals surface area contributed by atoms with E-state index < -0.39 is 0 Å². The average Bonchev–Trinajstić information content (AvgIpc) is 2.68. The summed E-state index contributed by atoms with van der Waals surface area (Å²) in [4.78, 5) is 6.60. The minimum Gasteiger partial charge on any atom is -0.497 e. The number of aliphatic imine (C=N–C) groups is 1. The van der Waals surface area contributed by atoms with Gasteiger partial charge in [0, 0.05) is 11.8 Å². The van der Waals surface area contributed by atoms with Crippen molar-refractivity contribution in [2.75, 3.05) is 47.3 Å². The highest BCUT2D eigenvalue weighted by Crippen LogP contribution is 2.29. The smallest absolute Gasteiger partial charge is 0.193 e. The molecule has 1 unspecified atom stereocenters. The van der Waals surface area contributed by atoms with Crippen LogP contribution in [0.25, 0.3) is 0 Å². The molecule has 0 spiro atoms. The second kappa shape index (κ2) is 11.6. The largest absolute Gasteiger partial charge is 0.497 e. The average molecular weight is 500 g/mol. The Bertz CT molecular complexity index is 767. The molecule has 3 N–H and O–H groups in total. The maximum atomic E-state index is 6.07. The molecule has 2 aromatic carbocycles. The van der Waals surface area contributed by atoms with Crippen molar-refractivity contribution in [1.82, 2.24) is 4.90 Å². The van der Waals surface area contributed by atoms with Crippen LogP contribution in [-0.2, 0) is 0 Å². The van der Waals surface area contributed by atoms with Crippen molar-refractivity contribution in [3.8, 4) is 17.2 Å². The summed E-state index contributed by atoms with van der Waals surface area (Å²) < 4.78 is 15.8. The summed E-state index contributed by atoms with van der Waals surface area (Å²) in [7, 11) is 8.88. The van der Waals surface area contributed by atoms with Crippen LogP contribution in [0.15, 0.2) is 47.5 Å². The first-order chi connectivity index (χ1) is 13.0. The van der Waals surface area contributed by atoms with E-state index in [4.69, 9.17) is 19.9 Å². The van der Waals surface area contributed by atoms with E-state index in [1.54, 1.807) is 21.3 Å². The van der Waals surface area contributed by atoms with E-state index in [2.05, 4.69) is 15.2 Å². The molecule has 28 heavy (non-hydrogen) atoms. The number of nitrogens with one attached hydrogen (secondary N) is 1. The van der Waals surface area contributed by atoms with E-state index in [9.17, 15) is 0 Å². The molecule has 0 radical (unpaired) electrons. The number of hydrogen-bond acceptors (Lipinski definition) is 5. The summed E-state index contributed by atoms with van der Waals surface area (Å²) in [5.74, 6) is 2.45. The number of benzene rings is 2. The number of likely N-dealkylation sites (N-methyl/N-ethyl adjacent to an activating group) is 1. The number of rotatable bonds is 8. The first-order valence-corrected chi connectivity index (χ1v) is 8.57. The molecular formula is C20H29IN4O3. The molecule has 0 saturated heterocycles. The summed E-state index contributed by atoms with van der Waals surface area (Å²) in [5.41, 5.74) is 7.99. The van der Waals surface area contributed by atoms with Crippen molar-refractivity contribution in [2.24, 2.45) is 10.7 Å². The molecule has 0 bridgehead atoms. The fourth-order valence-electron chi connectivity index (χ4n) is 2.68. The lowest BCUT2D eigenvalue weighted by atomic mass is 10.1. The molecule has 0 fully saturated rings. The number of halogens is 1. The zero-order valence-electron chi connectivity index (χ0n) is 16.9. The standard InChI is InChI=1S/C20H28N4O3.HI/c1-24(2)17(14-6-9-16(25-3)10-7-14)13-22-20(21)23-15-8-11-18(26-4)19(12-15)27-5;/h6-12,17H,13H2,1-5H3,(H3,21,22,23);1H. The highest BCUT2D eigenvalue weighted by atomic mass is 127. The predicted octanol–water partition coefficient (Wildman–Crippen LogP) is 3.36. The Morgan fingerprint density at radius 2 is 1.64 bits per heavy atom. The second-order valence-electron chi connectivity index (χ2n) is 6.17. The Hall–Kier alpha value is -2.20. The monoisotopic (exact) mass is 500 g/mol. The van der Waals surface area contributed by atoms with Gasteiger partial charge in [0.15, 0.2) is 17.5 Å². The van der Waals surface area contributed by atoms with E-state index in [-0.39, 0.29) is 30.0 Å². The third-order valence-electron chi connectivity index (χ3n) is 4.21. The van der Waals surface area contributed by atoms with Crippen LogP contribution in [0.4, 0.5) is 5.69 Å². The van der Waals surface area contributed by atoms with Gasteiger partial charge in [0.05, 0.1) is 33.9 Å². The van der Waals surface area contributed by atoms with Crippen LogP contribution in [-0.4, -0.2) is 52.8 Å². The van der Waals surface area contributed by atoms with E-state index in [1.807, 2.05) is 56.6 Å². The predicted molar refractivity (Wildman–Crippen MR) is 124 cm³/mol. The lowest BCUT2D eigenvalue weighted by molar-refractivity contribution is 0.306. The molecule has 0 aromatic heterocycles. The zero-order valence-corrected chi connectivity index (χ0v) is 19.3. The summed E-state index contributed by atoms with van der Waals surface area (Å²) in [6, 6.07) is 13.6. The molecule has 0 aliphatic heterocycles. The Kier molecular flexibility index (Phi) is 9.88. The normalized spacial score (nSPS) is 12.1. The van der Waals surface area contributed by atoms with Crippen LogP contribution in [0.5, 0.6) is 17.2 Å². The zero-order chi connectivity index (χ0) is 19.8. The highest BCUT2D eigenvalue weighted by Gasteiger charge is 2.14. The lowest BCUT2D eigenvalue weighted by Crippen LogP contribution is -2.27. The quantitative estimate of drug-likeness (QED) is 0.329. The molecule has 2 rings (SSSR count). The van der Waals surface area contributed by atoms with Gasteiger partial charge in [-0.25, -0.2) is 0 Å². The maximum Gasteiger partial charge on any atom is 0.193 e. The van der Waals surface area contributed by atoms with Crippen LogP contribution < -0.4 is 25.3 Å². The van der Waals surface area contributed by atoms with Crippen LogP contribution >= 0.6 is 24.0 Å². The van der Waals surface area contributed by atoms with Crippen LogP contribution in [0.3, 0.4) is 0 Å². The molecular weight excluding hydrogens is 471 g/mol. The van der Waals surface area contributed by atoms with Gasteiger partial charge in [-0.3, -0.25) is 4.99 Å². The van der Waals surface area contributed by atoms with Gasteiger partial charge in [0.2, 0.25) is 0 Å². The van der Waals surface area contributed by atoms with Gasteiger partial charge in [-0.1, -0.05) is 12.1 Å². The fourth-order valence-corrected chi connectivity index (χ4v) is 2.68. The molecule has 0 aliphatic rings. The molecule has 0 amide bonds. The Morgan fingerprint density at radius 3 is 2.18 bits per heavy atom. The number of methoxy groups -OCH3 is 3. The molecule has 0 aliphatic carbocycles. The number of guanidine groups is 1. The van der Waals surface area contributed by atoms with Crippen LogP contribution in [0.1, 0.15) is 11.6 Å². The molecule has 0 saturated carbocycles. The van der Waals surface area contributed by atoms with E-state index in [1.165, 1.54) is 0 Å². The van der Waals surface area contributed by atoms with Crippen molar-refractivity contribution in [2.45, 2.75) is 6.04 Å². The van der Waals surface area contributed by atoms with Gasteiger partial charge < -0.3 is 30.2 Å². The molecule has 1 atom stereocenters. The van der Waals surface area contributed by atoms with Gasteiger partial charge in [0.25, 0.3) is 0 Å². The Balaban J connectivity index is 0.00000392. The number of nitrogens with two attached hydrogens (primary N) is 1. The summed E-state index contributed by atoms with van der Waals surface area (Å²) >= 11 is 0. The summed E-state index contributed by atoms with van der Waals surface area (Å²) in [6.45, 7) is 0.519. The van der Waals surface area contributed by atoms with Crippen molar-refractivity contribution in [3.05, 3.63) is 48.0 Å². The molecule has 8 heteroatoms.